The Bertz CT molecular complexity index is 1220. The molecule has 8 nitrogen and oxygen atoms in total. The van der Waals surface area contributed by atoms with Gasteiger partial charge >= 0.3 is 12.5 Å². The molecule has 210 valence electrons. The van der Waals surface area contributed by atoms with E-state index in [1.807, 2.05) is 57.2 Å². The molecule has 0 bridgehead atoms. The van der Waals surface area contributed by atoms with Gasteiger partial charge in [0.05, 0.1) is 18.9 Å². The van der Waals surface area contributed by atoms with Gasteiger partial charge in [0.15, 0.2) is 5.82 Å². The van der Waals surface area contributed by atoms with Gasteiger partial charge in [-0.05, 0) is 50.6 Å². The summed E-state index contributed by atoms with van der Waals surface area (Å²) in [5.41, 5.74) is 1.94. The summed E-state index contributed by atoms with van der Waals surface area (Å²) < 4.78 is 54.9. The molecule has 0 radical (unpaired) electrons. The van der Waals surface area contributed by atoms with Crippen molar-refractivity contribution >= 4 is 11.9 Å². The summed E-state index contributed by atoms with van der Waals surface area (Å²) >= 11 is 0. The number of hydrogen-bond donors (Lipinski definition) is 0. The van der Waals surface area contributed by atoms with Crippen LogP contribution < -0.4 is 9.64 Å². The van der Waals surface area contributed by atoms with Crippen LogP contribution in [0.4, 0.5) is 23.8 Å². The molecule has 39 heavy (non-hydrogen) atoms. The van der Waals surface area contributed by atoms with Crippen LogP contribution in [0.1, 0.15) is 32.0 Å². The fourth-order valence-corrected chi connectivity index (χ4v) is 4.14. The van der Waals surface area contributed by atoms with Crippen molar-refractivity contribution in [3.8, 4) is 11.4 Å². The van der Waals surface area contributed by atoms with Gasteiger partial charge in [-0.25, -0.2) is 9.48 Å². The van der Waals surface area contributed by atoms with Crippen LogP contribution in [0.2, 0.25) is 0 Å². The van der Waals surface area contributed by atoms with Gasteiger partial charge in [-0.3, -0.25) is 0 Å². The van der Waals surface area contributed by atoms with Gasteiger partial charge in [0.2, 0.25) is 0 Å². The van der Waals surface area contributed by atoms with Gasteiger partial charge in [-0.15, -0.1) is 13.2 Å². The Balaban J connectivity index is 1.46. The molecule has 0 saturated carbocycles. The Hall–Kier alpha value is -3.73. The zero-order chi connectivity index (χ0) is 28.0. The van der Waals surface area contributed by atoms with E-state index in [1.54, 1.807) is 9.58 Å². The molecular weight excluding hydrogens is 513 g/mol. The van der Waals surface area contributed by atoms with E-state index in [9.17, 15) is 18.0 Å². The lowest BCUT2D eigenvalue weighted by atomic mass is 10.2. The second-order valence-electron chi connectivity index (χ2n) is 10.2. The molecule has 0 spiro atoms. The molecule has 4 rings (SSSR count). The van der Waals surface area contributed by atoms with E-state index in [0.29, 0.717) is 57.3 Å². The second-order valence-corrected chi connectivity index (χ2v) is 10.2. The Labute approximate surface area is 225 Å². The molecule has 11 heteroatoms. The van der Waals surface area contributed by atoms with Gasteiger partial charge in [0.1, 0.15) is 11.4 Å². The molecule has 1 fully saturated rings. The van der Waals surface area contributed by atoms with Crippen LogP contribution in [-0.2, 0) is 22.5 Å². The summed E-state index contributed by atoms with van der Waals surface area (Å²) in [7, 11) is 0. The lowest BCUT2D eigenvalue weighted by molar-refractivity contribution is -0.274. The third kappa shape index (κ3) is 8.38. The van der Waals surface area contributed by atoms with E-state index in [-0.39, 0.29) is 11.8 Å². The molecule has 0 atom stereocenters. The summed E-state index contributed by atoms with van der Waals surface area (Å²) in [4.78, 5) is 16.2. The first kappa shape index (κ1) is 28.3. The molecule has 2 aromatic carbocycles. The van der Waals surface area contributed by atoms with Crippen molar-refractivity contribution in [2.45, 2.75) is 45.8 Å². The van der Waals surface area contributed by atoms with Crippen molar-refractivity contribution in [3.63, 3.8) is 0 Å². The predicted octanol–water partition coefficient (Wildman–Crippen LogP) is 5.59. The molecule has 0 unspecified atom stereocenters. The van der Waals surface area contributed by atoms with Crippen LogP contribution in [0, 0.1) is 0 Å². The SMILES string of the molecule is CC(C)(C)OC(=O)N1CCN(c2cc(CCOCc3ccccc3)n(-c3ccc(OC(F)(F)F)cc3)n2)CC1. The fourth-order valence-electron chi connectivity index (χ4n) is 4.14. The number of nitrogens with zero attached hydrogens (tertiary/aromatic N) is 4. The minimum atomic E-state index is -4.76. The normalized spacial score (nSPS) is 14.4. The molecule has 3 aromatic rings. The number of piperazine rings is 1. The Morgan fingerprint density at radius 3 is 2.23 bits per heavy atom. The first-order valence-electron chi connectivity index (χ1n) is 12.8. The molecule has 1 saturated heterocycles. The maximum atomic E-state index is 12.6. The van der Waals surface area contributed by atoms with Crippen molar-refractivity contribution in [1.82, 2.24) is 14.7 Å². The smallest absolute Gasteiger partial charge is 0.444 e. The van der Waals surface area contributed by atoms with Crippen LogP contribution in [0.25, 0.3) is 5.69 Å². The monoisotopic (exact) mass is 546 g/mol. The van der Waals surface area contributed by atoms with Gasteiger partial charge in [0, 0.05) is 44.4 Å². The number of amides is 1. The number of halogens is 3. The number of aromatic nitrogens is 2. The first-order chi connectivity index (χ1) is 18.5. The van der Waals surface area contributed by atoms with E-state index >= 15 is 0 Å². The minimum Gasteiger partial charge on any atom is -0.444 e. The van der Waals surface area contributed by atoms with Crippen LogP contribution in [-0.4, -0.2) is 65.5 Å². The van der Waals surface area contributed by atoms with Crippen molar-refractivity contribution in [2.24, 2.45) is 0 Å². The largest absolute Gasteiger partial charge is 0.573 e. The molecular formula is C28H33F3N4O4. The van der Waals surface area contributed by atoms with Crippen LogP contribution in [0.15, 0.2) is 60.7 Å². The number of alkyl halides is 3. The summed E-state index contributed by atoms with van der Waals surface area (Å²) in [5.74, 6) is 0.414. The van der Waals surface area contributed by atoms with E-state index < -0.39 is 12.0 Å². The number of rotatable bonds is 8. The van der Waals surface area contributed by atoms with Crippen molar-refractivity contribution in [1.29, 1.82) is 0 Å². The van der Waals surface area contributed by atoms with E-state index in [4.69, 9.17) is 14.6 Å². The van der Waals surface area contributed by atoms with Gasteiger partial charge in [0.25, 0.3) is 0 Å². The van der Waals surface area contributed by atoms with Crippen molar-refractivity contribution in [2.75, 3.05) is 37.7 Å². The lowest BCUT2D eigenvalue weighted by Crippen LogP contribution is -2.50. The number of hydrogen-bond acceptors (Lipinski definition) is 6. The second kappa shape index (κ2) is 12.0. The standard InChI is InChI=1S/C28H33F3N4O4/c1-27(2,3)39-26(36)34-16-14-33(15-17-34)25-19-23(13-18-37-20-21-7-5-4-6-8-21)35(32-25)22-9-11-24(12-10-22)38-28(29,30)31/h4-12,19H,13-18,20H2,1-3H3. The third-order valence-electron chi connectivity index (χ3n) is 5.95. The van der Waals surface area contributed by atoms with Crippen LogP contribution in [0.5, 0.6) is 5.75 Å². The minimum absolute atomic E-state index is 0.301. The quantitative estimate of drug-likeness (QED) is 0.343. The zero-order valence-corrected chi connectivity index (χ0v) is 22.3. The van der Waals surface area contributed by atoms with Gasteiger partial charge < -0.3 is 24.0 Å². The van der Waals surface area contributed by atoms with E-state index in [2.05, 4.69) is 9.64 Å². The Morgan fingerprint density at radius 1 is 0.949 bits per heavy atom. The summed E-state index contributed by atoms with van der Waals surface area (Å²) in [6.07, 6.45) is -4.56. The molecule has 2 heterocycles. The third-order valence-corrected chi connectivity index (χ3v) is 5.95. The van der Waals surface area contributed by atoms with Crippen LogP contribution >= 0.6 is 0 Å². The summed E-state index contributed by atoms with van der Waals surface area (Å²) in [6.45, 7) is 8.51. The Kier molecular flexibility index (Phi) is 8.69. The van der Waals surface area contributed by atoms with E-state index in [1.165, 1.54) is 24.3 Å². The molecule has 1 amide bonds. The maximum absolute atomic E-state index is 12.6. The average Bonchev–Trinajstić information content (AvgIpc) is 3.30. The van der Waals surface area contributed by atoms with Gasteiger partial charge in [-0.2, -0.15) is 5.10 Å². The number of carbonyl (C=O) groups is 1. The van der Waals surface area contributed by atoms with E-state index in [0.717, 1.165) is 11.3 Å². The zero-order valence-electron chi connectivity index (χ0n) is 22.3. The number of benzene rings is 2. The predicted molar refractivity (Wildman–Crippen MR) is 140 cm³/mol. The average molecular weight is 547 g/mol. The Morgan fingerprint density at radius 2 is 1.62 bits per heavy atom. The van der Waals surface area contributed by atoms with Crippen LogP contribution in [0.3, 0.4) is 0 Å². The molecule has 0 N–H and O–H groups in total. The molecule has 1 aliphatic heterocycles. The maximum Gasteiger partial charge on any atom is 0.573 e. The number of anilines is 1. The highest BCUT2D eigenvalue weighted by Gasteiger charge is 2.31. The first-order valence-corrected chi connectivity index (χ1v) is 12.8. The highest BCUT2D eigenvalue weighted by atomic mass is 19.4. The van der Waals surface area contributed by atoms with Crippen molar-refractivity contribution < 1.29 is 32.2 Å². The van der Waals surface area contributed by atoms with Crippen molar-refractivity contribution in [3.05, 3.63) is 71.9 Å². The molecule has 0 aliphatic carbocycles. The van der Waals surface area contributed by atoms with Gasteiger partial charge in [-0.1, -0.05) is 30.3 Å². The number of ether oxygens (including phenoxy) is 3. The number of carbonyl (C=O) groups excluding carboxylic acids is 1. The highest BCUT2D eigenvalue weighted by molar-refractivity contribution is 5.68. The molecule has 1 aromatic heterocycles. The summed E-state index contributed by atoms with van der Waals surface area (Å²) in [5, 5.41) is 4.76. The lowest BCUT2D eigenvalue weighted by Gasteiger charge is -2.35. The molecule has 1 aliphatic rings. The summed E-state index contributed by atoms with van der Waals surface area (Å²) in [6, 6.07) is 17.4. The fraction of sp³-hybridized carbons (Fsp3) is 0.429. The topological polar surface area (TPSA) is 69.1 Å². The highest BCUT2D eigenvalue weighted by Crippen LogP contribution is 2.26.